The number of carbonyl (C=O) groups is 1. The molecule has 0 aliphatic carbocycles. The van der Waals surface area contributed by atoms with Gasteiger partial charge in [0.05, 0.1) is 6.04 Å². The molecule has 0 bridgehead atoms. The first-order valence-electron chi connectivity index (χ1n) is 7.47. The van der Waals surface area contributed by atoms with E-state index < -0.39 is 0 Å². The van der Waals surface area contributed by atoms with Gasteiger partial charge in [-0.3, -0.25) is 4.79 Å². The van der Waals surface area contributed by atoms with Crippen molar-refractivity contribution in [3.05, 3.63) is 35.6 Å². The Morgan fingerprint density at radius 1 is 1.29 bits per heavy atom. The third-order valence-corrected chi connectivity index (χ3v) is 3.99. The van der Waals surface area contributed by atoms with Crippen molar-refractivity contribution >= 4 is 5.91 Å². The van der Waals surface area contributed by atoms with Crippen LogP contribution in [0.15, 0.2) is 24.3 Å². The number of halogens is 1. The van der Waals surface area contributed by atoms with Gasteiger partial charge in [-0.25, -0.2) is 4.39 Å². The largest absolute Gasteiger partial charge is 0.336 e. The second-order valence-electron chi connectivity index (χ2n) is 6.58. The molecular weight excluding hydrogens is 267 g/mol. The lowest BCUT2D eigenvalue weighted by atomic mass is 9.85. The minimum atomic E-state index is -0.268. The van der Waals surface area contributed by atoms with E-state index in [1.165, 1.54) is 12.1 Å². The third-order valence-electron chi connectivity index (χ3n) is 3.99. The molecule has 1 rings (SSSR count). The molecule has 0 fully saturated rings. The van der Waals surface area contributed by atoms with E-state index in [0.29, 0.717) is 13.0 Å². The van der Waals surface area contributed by atoms with Crippen LogP contribution >= 0.6 is 0 Å². The van der Waals surface area contributed by atoms with Gasteiger partial charge in [-0.05, 0) is 37.0 Å². The number of amides is 1. The molecule has 2 unspecified atom stereocenters. The Labute approximate surface area is 127 Å². The van der Waals surface area contributed by atoms with Crippen molar-refractivity contribution in [3.8, 4) is 0 Å². The van der Waals surface area contributed by atoms with Crippen molar-refractivity contribution < 1.29 is 9.18 Å². The van der Waals surface area contributed by atoms with Gasteiger partial charge in [-0.1, -0.05) is 32.9 Å². The van der Waals surface area contributed by atoms with E-state index in [1.54, 1.807) is 17.0 Å². The molecule has 1 aromatic carbocycles. The van der Waals surface area contributed by atoms with E-state index >= 15 is 0 Å². The van der Waals surface area contributed by atoms with Crippen LogP contribution in [0.1, 0.15) is 52.6 Å². The van der Waals surface area contributed by atoms with Crippen LogP contribution in [0.25, 0.3) is 0 Å². The van der Waals surface area contributed by atoms with E-state index in [1.807, 2.05) is 34.6 Å². The molecular formula is C17H27FN2O. The Kier molecular flexibility index (Phi) is 5.90. The number of rotatable bonds is 5. The van der Waals surface area contributed by atoms with Gasteiger partial charge in [0.1, 0.15) is 5.82 Å². The smallest absolute Gasteiger partial charge is 0.224 e. The summed E-state index contributed by atoms with van der Waals surface area (Å²) in [4.78, 5) is 14.3. The summed E-state index contributed by atoms with van der Waals surface area (Å²) in [6, 6.07) is 6.02. The highest BCUT2D eigenvalue weighted by molar-refractivity contribution is 5.77. The Morgan fingerprint density at radius 3 is 2.24 bits per heavy atom. The predicted molar refractivity (Wildman–Crippen MR) is 84.2 cm³/mol. The predicted octanol–water partition coefficient (Wildman–Crippen LogP) is 3.50. The summed E-state index contributed by atoms with van der Waals surface area (Å²) in [7, 11) is 0. The van der Waals surface area contributed by atoms with E-state index in [4.69, 9.17) is 5.73 Å². The molecule has 4 heteroatoms. The van der Waals surface area contributed by atoms with Crippen molar-refractivity contribution in [1.82, 2.24) is 4.90 Å². The van der Waals surface area contributed by atoms with E-state index in [-0.39, 0.29) is 29.2 Å². The van der Waals surface area contributed by atoms with Crippen LogP contribution < -0.4 is 5.73 Å². The molecule has 1 amide bonds. The fourth-order valence-corrected chi connectivity index (χ4v) is 2.20. The van der Waals surface area contributed by atoms with Crippen LogP contribution in [-0.4, -0.2) is 23.4 Å². The Hall–Kier alpha value is -1.42. The van der Waals surface area contributed by atoms with Gasteiger partial charge in [-0.15, -0.1) is 0 Å². The number of benzene rings is 1. The van der Waals surface area contributed by atoms with Gasteiger partial charge in [0, 0.05) is 19.0 Å². The summed E-state index contributed by atoms with van der Waals surface area (Å²) in [6.45, 7) is 10.6. The summed E-state index contributed by atoms with van der Waals surface area (Å²) >= 11 is 0. The number of hydrogen-bond acceptors (Lipinski definition) is 2. The van der Waals surface area contributed by atoms with E-state index in [0.717, 1.165) is 5.56 Å². The average molecular weight is 294 g/mol. The van der Waals surface area contributed by atoms with Crippen molar-refractivity contribution in [3.63, 3.8) is 0 Å². The highest BCUT2D eigenvalue weighted by atomic mass is 19.1. The summed E-state index contributed by atoms with van der Waals surface area (Å²) < 4.78 is 13.0. The fourth-order valence-electron chi connectivity index (χ4n) is 2.20. The first-order chi connectivity index (χ1) is 9.66. The molecule has 0 aliphatic rings. The number of carbonyl (C=O) groups excluding carboxylic acids is 1. The molecule has 3 nitrogen and oxygen atoms in total. The lowest BCUT2D eigenvalue weighted by Crippen LogP contribution is -2.42. The number of hydrogen-bond donors (Lipinski definition) is 1. The van der Waals surface area contributed by atoms with Crippen molar-refractivity contribution in [2.45, 2.75) is 53.1 Å². The molecule has 2 N–H and O–H groups in total. The molecule has 1 aromatic rings. The highest BCUT2D eigenvalue weighted by Gasteiger charge is 2.27. The molecule has 0 heterocycles. The van der Waals surface area contributed by atoms with Gasteiger partial charge >= 0.3 is 0 Å². The zero-order valence-electron chi connectivity index (χ0n) is 13.7. The quantitative estimate of drug-likeness (QED) is 0.903. The SMILES string of the molecule is CCN(C(=O)CC(N)C(C)(C)C)C(C)c1ccc(F)cc1. The second kappa shape index (κ2) is 7.03. The zero-order valence-corrected chi connectivity index (χ0v) is 13.7. The summed E-state index contributed by atoms with van der Waals surface area (Å²) in [5, 5.41) is 0. The van der Waals surface area contributed by atoms with E-state index in [2.05, 4.69) is 0 Å². The second-order valence-corrected chi connectivity index (χ2v) is 6.58. The molecule has 0 saturated heterocycles. The minimum Gasteiger partial charge on any atom is -0.336 e. The number of nitrogens with two attached hydrogens (primary N) is 1. The average Bonchev–Trinajstić information content (AvgIpc) is 2.39. The first kappa shape index (κ1) is 17.6. The molecule has 21 heavy (non-hydrogen) atoms. The van der Waals surface area contributed by atoms with Crippen LogP contribution in [-0.2, 0) is 4.79 Å². The molecule has 2 atom stereocenters. The minimum absolute atomic E-state index is 0.0387. The van der Waals surface area contributed by atoms with Gasteiger partial charge in [0.25, 0.3) is 0 Å². The first-order valence-corrected chi connectivity index (χ1v) is 7.47. The van der Waals surface area contributed by atoms with Gasteiger partial charge in [0.15, 0.2) is 0 Å². The van der Waals surface area contributed by atoms with Crippen molar-refractivity contribution in [2.24, 2.45) is 11.1 Å². The molecule has 0 aromatic heterocycles. The van der Waals surface area contributed by atoms with Crippen LogP contribution in [0, 0.1) is 11.2 Å². The molecule has 118 valence electrons. The van der Waals surface area contributed by atoms with Gasteiger partial charge in [-0.2, -0.15) is 0 Å². The fraction of sp³-hybridized carbons (Fsp3) is 0.588. The molecule has 0 saturated carbocycles. The van der Waals surface area contributed by atoms with Gasteiger partial charge in [0.2, 0.25) is 5.91 Å². The van der Waals surface area contributed by atoms with Gasteiger partial charge < -0.3 is 10.6 Å². The summed E-state index contributed by atoms with van der Waals surface area (Å²) in [5.74, 6) is -0.230. The van der Waals surface area contributed by atoms with Crippen molar-refractivity contribution in [2.75, 3.05) is 6.54 Å². The molecule has 0 aliphatic heterocycles. The normalized spacial score (nSPS) is 14.6. The lowest BCUT2D eigenvalue weighted by molar-refractivity contribution is -0.134. The lowest BCUT2D eigenvalue weighted by Gasteiger charge is -2.32. The highest BCUT2D eigenvalue weighted by Crippen LogP contribution is 2.24. The Balaban J connectivity index is 2.82. The van der Waals surface area contributed by atoms with E-state index in [9.17, 15) is 9.18 Å². The Bertz CT molecular complexity index is 465. The monoisotopic (exact) mass is 294 g/mol. The summed E-state index contributed by atoms with van der Waals surface area (Å²) in [5.41, 5.74) is 6.93. The maximum atomic E-state index is 13.0. The number of nitrogens with zero attached hydrogens (tertiary/aromatic N) is 1. The maximum Gasteiger partial charge on any atom is 0.224 e. The van der Waals surface area contributed by atoms with Crippen LogP contribution in [0.3, 0.4) is 0 Å². The van der Waals surface area contributed by atoms with Crippen LogP contribution in [0.2, 0.25) is 0 Å². The van der Waals surface area contributed by atoms with Crippen LogP contribution in [0.4, 0.5) is 4.39 Å². The molecule has 0 spiro atoms. The van der Waals surface area contributed by atoms with Crippen LogP contribution in [0.5, 0.6) is 0 Å². The van der Waals surface area contributed by atoms with Crippen molar-refractivity contribution in [1.29, 1.82) is 0 Å². The Morgan fingerprint density at radius 2 is 1.81 bits per heavy atom. The molecule has 0 radical (unpaired) electrons. The zero-order chi connectivity index (χ0) is 16.2. The standard InChI is InChI=1S/C17H27FN2O/c1-6-20(16(21)11-15(19)17(3,4)5)12(2)13-7-9-14(18)10-8-13/h7-10,12,15H,6,11,19H2,1-5H3. The summed E-state index contributed by atoms with van der Waals surface area (Å²) in [6.07, 6.45) is 0.322. The third kappa shape index (κ3) is 4.81. The topological polar surface area (TPSA) is 46.3 Å². The maximum absolute atomic E-state index is 13.0.